The number of pyridine rings is 2. The number of carbonyl (C=O) groups excluding carboxylic acids is 1. The molecule has 5 nitrogen and oxygen atoms in total. The number of nitrogens with zero attached hydrogens (tertiary/aromatic N) is 2. The second-order valence-corrected chi connectivity index (χ2v) is 4.70. The van der Waals surface area contributed by atoms with Crippen LogP contribution in [0.1, 0.15) is 16.1 Å². The van der Waals surface area contributed by atoms with Gasteiger partial charge in [0.2, 0.25) is 0 Å². The number of hydrogen-bond acceptors (Lipinski definition) is 6. The lowest BCUT2D eigenvalue weighted by Gasteiger charge is -2.06. The fraction of sp³-hybridized carbons (Fsp3) is 0.154. The van der Waals surface area contributed by atoms with Crippen molar-refractivity contribution in [3.05, 3.63) is 47.9 Å². The van der Waals surface area contributed by atoms with E-state index in [0.717, 1.165) is 5.03 Å². The van der Waals surface area contributed by atoms with Crippen LogP contribution in [0.5, 0.6) is 0 Å². The molecule has 0 fully saturated rings. The van der Waals surface area contributed by atoms with E-state index in [1.54, 1.807) is 30.6 Å². The largest absolute Gasteiger partial charge is 0.465 e. The van der Waals surface area contributed by atoms with E-state index in [1.807, 2.05) is 6.07 Å². The highest BCUT2D eigenvalue weighted by atomic mass is 32.2. The van der Waals surface area contributed by atoms with Gasteiger partial charge in [-0.1, -0.05) is 0 Å². The number of aromatic nitrogens is 2. The highest BCUT2D eigenvalue weighted by molar-refractivity contribution is 7.98. The van der Waals surface area contributed by atoms with Crippen LogP contribution >= 0.6 is 11.8 Å². The number of methoxy groups -OCH3 is 1. The molecular formula is C13H13N3O2S. The summed E-state index contributed by atoms with van der Waals surface area (Å²) in [5.74, 6) is 0.163. The van der Waals surface area contributed by atoms with Gasteiger partial charge >= 0.3 is 5.97 Å². The summed E-state index contributed by atoms with van der Waals surface area (Å²) < 4.78 is 4.72. The minimum atomic E-state index is -0.381. The Bertz CT molecular complexity index is 572. The van der Waals surface area contributed by atoms with E-state index in [0.29, 0.717) is 22.7 Å². The molecule has 2 aromatic heterocycles. The van der Waals surface area contributed by atoms with Crippen LogP contribution in [0.3, 0.4) is 0 Å². The number of nitrogen functional groups attached to an aromatic ring is 1. The van der Waals surface area contributed by atoms with Gasteiger partial charge in [0.05, 0.1) is 35.3 Å². The predicted octanol–water partition coefficient (Wildman–Crippen LogP) is 2.14. The Morgan fingerprint density at radius 3 is 2.89 bits per heavy atom. The maximum Gasteiger partial charge on any atom is 0.339 e. The molecule has 0 aliphatic rings. The smallest absolute Gasteiger partial charge is 0.339 e. The van der Waals surface area contributed by atoms with E-state index in [4.69, 9.17) is 10.5 Å². The Morgan fingerprint density at radius 2 is 2.21 bits per heavy atom. The summed E-state index contributed by atoms with van der Waals surface area (Å²) in [6.07, 6.45) is 3.25. The van der Waals surface area contributed by atoms with Crippen LogP contribution in [0.25, 0.3) is 0 Å². The molecule has 2 rings (SSSR count). The van der Waals surface area contributed by atoms with Gasteiger partial charge < -0.3 is 10.5 Å². The van der Waals surface area contributed by atoms with Crippen molar-refractivity contribution in [1.82, 2.24) is 9.97 Å². The Labute approximate surface area is 115 Å². The third-order valence-corrected chi connectivity index (χ3v) is 3.37. The van der Waals surface area contributed by atoms with Gasteiger partial charge in [0.15, 0.2) is 0 Å². The number of anilines is 1. The molecule has 19 heavy (non-hydrogen) atoms. The van der Waals surface area contributed by atoms with Gasteiger partial charge in [-0.15, -0.1) is 11.8 Å². The van der Waals surface area contributed by atoms with E-state index in [1.165, 1.54) is 18.9 Å². The molecule has 0 aliphatic heterocycles. The molecule has 2 aromatic rings. The molecule has 0 saturated heterocycles. The molecule has 0 bridgehead atoms. The van der Waals surface area contributed by atoms with Crippen LogP contribution in [0.15, 0.2) is 41.7 Å². The molecule has 2 heterocycles. The molecule has 0 spiro atoms. The zero-order valence-corrected chi connectivity index (χ0v) is 11.2. The second-order valence-electron chi connectivity index (χ2n) is 3.71. The lowest BCUT2D eigenvalue weighted by molar-refractivity contribution is 0.0599. The minimum absolute atomic E-state index is 0.381. The van der Waals surface area contributed by atoms with Gasteiger partial charge in [-0.3, -0.25) is 4.98 Å². The van der Waals surface area contributed by atoms with E-state index >= 15 is 0 Å². The summed E-state index contributed by atoms with van der Waals surface area (Å²) in [5.41, 5.74) is 7.35. The molecule has 0 saturated carbocycles. The number of carbonyl (C=O) groups is 1. The summed E-state index contributed by atoms with van der Waals surface area (Å²) in [6, 6.07) is 7.03. The minimum Gasteiger partial charge on any atom is -0.465 e. The molecule has 6 heteroatoms. The molecule has 0 atom stereocenters. The number of hydrogen-bond donors (Lipinski definition) is 1. The quantitative estimate of drug-likeness (QED) is 0.680. The molecule has 0 aromatic carbocycles. The summed E-state index contributed by atoms with van der Waals surface area (Å²) in [6.45, 7) is 0. The average Bonchev–Trinajstić information content (AvgIpc) is 2.46. The summed E-state index contributed by atoms with van der Waals surface area (Å²) >= 11 is 1.49. The van der Waals surface area contributed by atoms with Crippen LogP contribution in [0.4, 0.5) is 5.69 Å². The van der Waals surface area contributed by atoms with Crippen molar-refractivity contribution in [2.75, 3.05) is 12.8 Å². The van der Waals surface area contributed by atoms with E-state index in [-0.39, 0.29) is 5.97 Å². The van der Waals surface area contributed by atoms with Crippen LogP contribution in [-0.2, 0) is 10.5 Å². The predicted molar refractivity (Wildman–Crippen MR) is 73.8 cm³/mol. The number of ether oxygens (including phenoxy) is 1. The molecule has 2 N–H and O–H groups in total. The Hall–Kier alpha value is -2.08. The maximum absolute atomic E-state index is 11.6. The number of rotatable bonds is 4. The molecular weight excluding hydrogens is 262 g/mol. The van der Waals surface area contributed by atoms with Gasteiger partial charge in [-0.05, 0) is 24.3 Å². The summed E-state index contributed by atoms with van der Waals surface area (Å²) in [4.78, 5) is 20.0. The van der Waals surface area contributed by atoms with Crippen LogP contribution in [0.2, 0.25) is 0 Å². The van der Waals surface area contributed by atoms with Crippen molar-refractivity contribution >= 4 is 23.4 Å². The van der Waals surface area contributed by atoms with Crippen molar-refractivity contribution in [3.8, 4) is 0 Å². The topological polar surface area (TPSA) is 78.1 Å². The fourth-order valence-electron chi connectivity index (χ4n) is 1.47. The van der Waals surface area contributed by atoms with Gasteiger partial charge in [0, 0.05) is 11.9 Å². The molecule has 0 radical (unpaired) electrons. The van der Waals surface area contributed by atoms with Gasteiger partial charge in [0.1, 0.15) is 0 Å². The number of thioether (sulfide) groups is 1. The first-order valence-electron chi connectivity index (χ1n) is 5.57. The SMILES string of the molecule is COC(=O)c1cccnc1CSc1ccc(N)cn1. The van der Waals surface area contributed by atoms with Crippen molar-refractivity contribution < 1.29 is 9.53 Å². The molecule has 0 unspecified atom stereocenters. The first-order chi connectivity index (χ1) is 9.20. The third kappa shape index (κ3) is 3.45. The second kappa shape index (κ2) is 6.19. The fourth-order valence-corrected chi connectivity index (χ4v) is 2.27. The first-order valence-corrected chi connectivity index (χ1v) is 6.56. The van der Waals surface area contributed by atoms with E-state index < -0.39 is 0 Å². The normalized spacial score (nSPS) is 10.2. The molecule has 98 valence electrons. The first kappa shape index (κ1) is 13.4. The van der Waals surface area contributed by atoms with Crippen molar-refractivity contribution in [3.63, 3.8) is 0 Å². The highest BCUT2D eigenvalue weighted by Crippen LogP contribution is 2.22. The lowest BCUT2D eigenvalue weighted by Crippen LogP contribution is -2.06. The monoisotopic (exact) mass is 275 g/mol. The zero-order valence-electron chi connectivity index (χ0n) is 10.4. The summed E-state index contributed by atoms with van der Waals surface area (Å²) in [5, 5.41) is 0.829. The van der Waals surface area contributed by atoms with Gasteiger partial charge in [0.25, 0.3) is 0 Å². The Morgan fingerprint density at radius 1 is 1.37 bits per heavy atom. The van der Waals surface area contributed by atoms with Crippen LogP contribution in [-0.4, -0.2) is 23.0 Å². The van der Waals surface area contributed by atoms with E-state index in [9.17, 15) is 4.79 Å². The Kier molecular flexibility index (Phi) is 4.35. The maximum atomic E-state index is 11.6. The van der Waals surface area contributed by atoms with Gasteiger partial charge in [-0.2, -0.15) is 0 Å². The molecule has 0 aliphatic carbocycles. The zero-order chi connectivity index (χ0) is 13.7. The van der Waals surface area contributed by atoms with Crippen molar-refractivity contribution in [2.24, 2.45) is 0 Å². The highest BCUT2D eigenvalue weighted by Gasteiger charge is 2.12. The van der Waals surface area contributed by atoms with Crippen LogP contribution < -0.4 is 5.73 Å². The average molecular weight is 275 g/mol. The van der Waals surface area contributed by atoms with Gasteiger partial charge in [-0.25, -0.2) is 9.78 Å². The lowest BCUT2D eigenvalue weighted by atomic mass is 10.2. The van der Waals surface area contributed by atoms with Crippen LogP contribution in [0, 0.1) is 0 Å². The van der Waals surface area contributed by atoms with Crippen molar-refractivity contribution in [1.29, 1.82) is 0 Å². The van der Waals surface area contributed by atoms with Crippen molar-refractivity contribution in [2.45, 2.75) is 10.8 Å². The third-order valence-electron chi connectivity index (χ3n) is 2.41. The number of esters is 1. The molecule has 0 amide bonds. The van der Waals surface area contributed by atoms with E-state index in [2.05, 4.69) is 9.97 Å². The summed E-state index contributed by atoms with van der Waals surface area (Å²) in [7, 11) is 1.35. The Balaban J connectivity index is 2.11. The standard InChI is InChI=1S/C13H13N3O2S/c1-18-13(17)10-3-2-6-15-11(10)8-19-12-5-4-9(14)7-16-12/h2-7H,8,14H2,1H3. The number of nitrogens with two attached hydrogens (primary N) is 1.